The molecule has 0 unspecified atom stereocenters. The minimum Gasteiger partial charge on any atom is -0.390 e. The third kappa shape index (κ3) is 5.19. The van der Waals surface area contributed by atoms with Gasteiger partial charge in [-0.2, -0.15) is 0 Å². The van der Waals surface area contributed by atoms with Gasteiger partial charge < -0.3 is 15.3 Å². The second kappa shape index (κ2) is 7.99. The Bertz CT molecular complexity index is 493. The van der Waals surface area contributed by atoms with Crippen molar-refractivity contribution in [1.82, 2.24) is 10.2 Å². The molecule has 0 atom stereocenters. The minimum atomic E-state index is -0.556. The van der Waals surface area contributed by atoms with E-state index >= 15 is 0 Å². The zero-order valence-electron chi connectivity index (χ0n) is 13.3. The Balaban J connectivity index is 1.67. The molecule has 1 aromatic carbocycles. The molecule has 1 aromatic rings. The van der Waals surface area contributed by atoms with Gasteiger partial charge in [0.1, 0.15) is 0 Å². The van der Waals surface area contributed by atoms with E-state index < -0.39 is 5.60 Å². The highest BCUT2D eigenvalue weighted by atomic mass is 16.3. The van der Waals surface area contributed by atoms with Crippen molar-refractivity contribution in [1.29, 1.82) is 0 Å². The number of aliphatic hydroxyl groups is 1. The molecule has 120 valence electrons. The molecule has 0 saturated heterocycles. The molecule has 4 heteroatoms. The molecule has 4 nitrogen and oxygen atoms in total. The van der Waals surface area contributed by atoms with Crippen molar-refractivity contribution >= 4 is 12.1 Å². The third-order valence-electron chi connectivity index (χ3n) is 4.24. The summed E-state index contributed by atoms with van der Waals surface area (Å²) in [4.78, 5) is 13.6. The van der Waals surface area contributed by atoms with Gasteiger partial charge in [0.15, 0.2) is 0 Å². The number of amides is 2. The normalized spacial score (nSPS) is 16.8. The fraction of sp³-hybridized carbons (Fsp3) is 0.500. The first-order chi connectivity index (χ1) is 10.6. The number of benzene rings is 1. The van der Waals surface area contributed by atoms with Crippen molar-refractivity contribution in [3.8, 4) is 0 Å². The second-order valence-corrected chi connectivity index (χ2v) is 6.11. The Morgan fingerprint density at radius 2 is 2.00 bits per heavy atom. The summed E-state index contributed by atoms with van der Waals surface area (Å²) in [6.45, 7) is 1.09. The number of hydrogen-bond acceptors (Lipinski definition) is 2. The van der Waals surface area contributed by atoms with E-state index in [1.807, 2.05) is 42.5 Å². The number of urea groups is 1. The van der Waals surface area contributed by atoms with Crippen LogP contribution in [0.15, 0.2) is 36.4 Å². The van der Waals surface area contributed by atoms with Crippen molar-refractivity contribution in [2.24, 2.45) is 0 Å². The predicted molar refractivity (Wildman–Crippen MR) is 89.5 cm³/mol. The highest BCUT2D eigenvalue weighted by Gasteiger charge is 2.30. The van der Waals surface area contributed by atoms with E-state index in [4.69, 9.17) is 0 Å². The van der Waals surface area contributed by atoms with Crippen molar-refractivity contribution < 1.29 is 9.90 Å². The van der Waals surface area contributed by atoms with Crippen LogP contribution in [0.4, 0.5) is 4.79 Å². The van der Waals surface area contributed by atoms with E-state index in [2.05, 4.69) is 5.32 Å². The van der Waals surface area contributed by atoms with Gasteiger partial charge in [-0.25, -0.2) is 4.79 Å². The summed E-state index contributed by atoms with van der Waals surface area (Å²) in [7, 11) is 1.77. The largest absolute Gasteiger partial charge is 0.390 e. The molecule has 0 spiro atoms. The SMILES string of the molecule is CN(C/C=C/c1ccccc1)C(=O)NCCC1(O)CCCC1. The van der Waals surface area contributed by atoms with Crippen LogP contribution in [0.1, 0.15) is 37.7 Å². The molecule has 1 aliphatic carbocycles. The highest BCUT2D eigenvalue weighted by molar-refractivity contribution is 5.74. The van der Waals surface area contributed by atoms with Gasteiger partial charge in [0, 0.05) is 20.1 Å². The Morgan fingerprint density at radius 3 is 2.68 bits per heavy atom. The third-order valence-corrected chi connectivity index (χ3v) is 4.24. The Labute approximate surface area is 132 Å². The Hall–Kier alpha value is -1.81. The minimum absolute atomic E-state index is 0.0979. The van der Waals surface area contributed by atoms with Crippen LogP contribution in [0.2, 0.25) is 0 Å². The lowest BCUT2D eigenvalue weighted by atomic mass is 9.98. The molecule has 2 rings (SSSR count). The number of carbonyl (C=O) groups is 1. The van der Waals surface area contributed by atoms with Gasteiger partial charge in [-0.1, -0.05) is 55.3 Å². The maximum atomic E-state index is 12.0. The summed E-state index contributed by atoms with van der Waals surface area (Å²) in [5.41, 5.74) is 0.568. The maximum absolute atomic E-state index is 12.0. The lowest BCUT2D eigenvalue weighted by Crippen LogP contribution is -2.40. The van der Waals surface area contributed by atoms with E-state index in [1.54, 1.807) is 11.9 Å². The summed E-state index contributed by atoms with van der Waals surface area (Å²) < 4.78 is 0. The summed E-state index contributed by atoms with van der Waals surface area (Å²) >= 11 is 0. The number of nitrogens with one attached hydrogen (secondary N) is 1. The van der Waals surface area contributed by atoms with Crippen molar-refractivity contribution in [2.75, 3.05) is 20.1 Å². The standard InChI is InChI=1S/C18H26N2O2/c1-20(15-7-10-16-8-3-2-4-9-16)17(21)19-14-13-18(22)11-5-6-12-18/h2-4,7-10,22H,5-6,11-15H2,1H3,(H,19,21)/b10-7+. The maximum Gasteiger partial charge on any atom is 0.317 e. The molecule has 22 heavy (non-hydrogen) atoms. The molecule has 1 fully saturated rings. The van der Waals surface area contributed by atoms with E-state index in [0.29, 0.717) is 19.5 Å². The molecule has 2 N–H and O–H groups in total. The number of rotatable bonds is 6. The summed E-state index contributed by atoms with van der Waals surface area (Å²) in [6.07, 6.45) is 8.52. The van der Waals surface area contributed by atoms with Crippen LogP contribution in [-0.2, 0) is 0 Å². The average molecular weight is 302 g/mol. The van der Waals surface area contributed by atoms with Crippen LogP contribution in [0, 0.1) is 0 Å². The van der Waals surface area contributed by atoms with Crippen LogP contribution in [0.25, 0.3) is 6.08 Å². The first-order valence-corrected chi connectivity index (χ1v) is 8.02. The van der Waals surface area contributed by atoms with Gasteiger partial charge in [0.05, 0.1) is 5.60 Å². The molecule has 0 bridgehead atoms. The van der Waals surface area contributed by atoms with Gasteiger partial charge in [-0.05, 0) is 24.8 Å². The Kier molecular flexibility index (Phi) is 6.01. The summed E-state index contributed by atoms with van der Waals surface area (Å²) in [5.74, 6) is 0. The zero-order valence-corrected chi connectivity index (χ0v) is 13.3. The average Bonchev–Trinajstić information content (AvgIpc) is 2.95. The number of likely N-dealkylation sites (N-methyl/N-ethyl adjacent to an activating group) is 1. The monoisotopic (exact) mass is 302 g/mol. The molecule has 2 amide bonds. The lowest BCUT2D eigenvalue weighted by molar-refractivity contribution is 0.0396. The molecule has 0 radical (unpaired) electrons. The van der Waals surface area contributed by atoms with Gasteiger partial charge in [0.2, 0.25) is 0 Å². The van der Waals surface area contributed by atoms with E-state index in [9.17, 15) is 9.90 Å². The van der Waals surface area contributed by atoms with Gasteiger partial charge >= 0.3 is 6.03 Å². The zero-order chi connectivity index (χ0) is 15.8. The smallest absolute Gasteiger partial charge is 0.317 e. The fourth-order valence-electron chi connectivity index (χ4n) is 2.81. The fourth-order valence-corrected chi connectivity index (χ4v) is 2.81. The summed E-state index contributed by atoms with van der Waals surface area (Å²) in [5, 5.41) is 13.1. The van der Waals surface area contributed by atoms with Gasteiger partial charge in [-0.15, -0.1) is 0 Å². The number of nitrogens with zero attached hydrogens (tertiary/aromatic N) is 1. The molecule has 0 aliphatic heterocycles. The van der Waals surface area contributed by atoms with Crippen LogP contribution in [0.3, 0.4) is 0 Å². The van der Waals surface area contributed by atoms with Crippen LogP contribution in [0.5, 0.6) is 0 Å². The number of hydrogen-bond donors (Lipinski definition) is 2. The molecular weight excluding hydrogens is 276 g/mol. The van der Waals surface area contributed by atoms with E-state index in [-0.39, 0.29) is 6.03 Å². The topological polar surface area (TPSA) is 52.6 Å². The quantitative estimate of drug-likeness (QED) is 0.848. The summed E-state index contributed by atoms with van der Waals surface area (Å²) in [6, 6.07) is 9.92. The molecule has 1 aliphatic rings. The van der Waals surface area contributed by atoms with E-state index in [0.717, 1.165) is 31.2 Å². The Morgan fingerprint density at radius 1 is 1.32 bits per heavy atom. The van der Waals surface area contributed by atoms with Gasteiger partial charge in [-0.3, -0.25) is 0 Å². The van der Waals surface area contributed by atoms with Crippen LogP contribution < -0.4 is 5.32 Å². The highest BCUT2D eigenvalue weighted by Crippen LogP contribution is 2.31. The molecule has 0 aromatic heterocycles. The first kappa shape index (κ1) is 16.6. The molecule has 1 saturated carbocycles. The first-order valence-electron chi connectivity index (χ1n) is 8.02. The molecule has 0 heterocycles. The predicted octanol–water partition coefficient (Wildman–Crippen LogP) is 3.04. The number of carbonyl (C=O) groups excluding carboxylic acids is 1. The van der Waals surface area contributed by atoms with E-state index in [1.165, 1.54) is 0 Å². The van der Waals surface area contributed by atoms with Crippen molar-refractivity contribution in [3.05, 3.63) is 42.0 Å². The van der Waals surface area contributed by atoms with Crippen molar-refractivity contribution in [2.45, 2.75) is 37.7 Å². The van der Waals surface area contributed by atoms with Crippen molar-refractivity contribution in [3.63, 3.8) is 0 Å². The van der Waals surface area contributed by atoms with Crippen LogP contribution >= 0.6 is 0 Å². The molecular formula is C18H26N2O2. The second-order valence-electron chi connectivity index (χ2n) is 6.11. The van der Waals surface area contributed by atoms with Gasteiger partial charge in [0.25, 0.3) is 0 Å². The van der Waals surface area contributed by atoms with Crippen LogP contribution in [-0.4, -0.2) is 41.8 Å². The lowest BCUT2D eigenvalue weighted by Gasteiger charge is -2.23.